The van der Waals surface area contributed by atoms with Crippen LogP contribution in [0.3, 0.4) is 0 Å². The highest BCUT2D eigenvalue weighted by molar-refractivity contribution is 5.87. The lowest BCUT2D eigenvalue weighted by atomic mass is 9.86. The average Bonchev–Trinajstić information content (AvgIpc) is 3.22. The first kappa shape index (κ1) is 30.0. The summed E-state index contributed by atoms with van der Waals surface area (Å²) >= 11 is 0. The predicted octanol–water partition coefficient (Wildman–Crippen LogP) is 3.78. The molecule has 2 saturated heterocycles. The third-order valence-electron chi connectivity index (χ3n) is 7.66. The minimum absolute atomic E-state index is 0.0711. The molecule has 2 aliphatic heterocycles. The van der Waals surface area contributed by atoms with Crippen LogP contribution in [-0.2, 0) is 14.4 Å². The molecule has 2 heterocycles. The van der Waals surface area contributed by atoms with Crippen LogP contribution >= 0.6 is 0 Å². The summed E-state index contributed by atoms with van der Waals surface area (Å²) in [6.45, 7) is 17.6. The number of benzene rings is 1. The van der Waals surface area contributed by atoms with Crippen LogP contribution in [0.15, 0.2) is 18.2 Å². The topological polar surface area (TPSA) is 73.0 Å². The summed E-state index contributed by atoms with van der Waals surface area (Å²) in [6.07, 6.45) is 0.508. The molecule has 0 aromatic heterocycles. The Morgan fingerprint density at radius 3 is 2.21 bits per heavy atom. The maximum absolute atomic E-state index is 14.8. The Labute approximate surface area is 225 Å². The summed E-state index contributed by atoms with van der Waals surface area (Å²) in [5, 5.41) is 2.80. The van der Waals surface area contributed by atoms with Gasteiger partial charge < -0.3 is 15.1 Å². The second kappa shape index (κ2) is 11.3. The third kappa shape index (κ3) is 7.10. The van der Waals surface area contributed by atoms with Crippen LogP contribution in [0.2, 0.25) is 0 Å². The predicted molar refractivity (Wildman–Crippen MR) is 143 cm³/mol. The van der Waals surface area contributed by atoms with E-state index in [0.717, 1.165) is 6.07 Å². The fourth-order valence-electron chi connectivity index (χ4n) is 5.70. The zero-order valence-electron chi connectivity index (χ0n) is 24.1. The van der Waals surface area contributed by atoms with E-state index >= 15 is 0 Å². The van der Waals surface area contributed by atoms with E-state index in [4.69, 9.17) is 0 Å². The number of nitrogens with one attached hydrogen (secondary N) is 1. The zero-order valence-corrected chi connectivity index (χ0v) is 24.1. The lowest BCUT2D eigenvalue weighted by molar-refractivity contribution is -0.147. The van der Waals surface area contributed by atoms with Crippen LogP contribution < -0.4 is 5.32 Å². The molecule has 3 rings (SSSR count). The lowest BCUT2D eigenvalue weighted by Crippen LogP contribution is -2.60. The van der Waals surface area contributed by atoms with Gasteiger partial charge in [0.15, 0.2) is 0 Å². The molecule has 2 fully saturated rings. The minimum Gasteiger partial charge on any atom is -0.345 e. The highest BCUT2D eigenvalue weighted by Crippen LogP contribution is 2.39. The Balaban J connectivity index is 1.78. The molecule has 1 aromatic carbocycles. The normalized spacial score (nSPS) is 23.9. The molecule has 1 aromatic rings. The van der Waals surface area contributed by atoms with Crippen LogP contribution in [0.25, 0.3) is 0 Å². The number of carbonyl (C=O) groups excluding carboxylic acids is 3. The Kier molecular flexibility index (Phi) is 8.91. The minimum atomic E-state index is -0.641. The van der Waals surface area contributed by atoms with Crippen molar-refractivity contribution in [1.82, 2.24) is 20.0 Å². The molecule has 9 heteroatoms. The molecule has 4 atom stereocenters. The Hall–Kier alpha value is -2.55. The summed E-state index contributed by atoms with van der Waals surface area (Å²) in [7, 11) is 0. The van der Waals surface area contributed by atoms with Crippen molar-refractivity contribution in [3.63, 3.8) is 0 Å². The van der Waals surface area contributed by atoms with E-state index in [1.54, 1.807) is 9.80 Å². The number of carbonyl (C=O) groups is 3. The van der Waals surface area contributed by atoms with E-state index in [0.29, 0.717) is 44.7 Å². The Bertz CT molecular complexity index is 1050. The van der Waals surface area contributed by atoms with Crippen LogP contribution in [0.5, 0.6) is 0 Å². The first-order valence-electron chi connectivity index (χ1n) is 13.5. The average molecular weight is 535 g/mol. The third-order valence-corrected chi connectivity index (χ3v) is 7.66. The fourth-order valence-corrected chi connectivity index (χ4v) is 5.70. The van der Waals surface area contributed by atoms with Gasteiger partial charge in [-0.1, -0.05) is 26.8 Å². The molecule has 2 aliphatic rings. The zero-order chi connectivity index (χ0) is 28.6. The van der Waals surface area contributed by atoms with Crippen molar-refractivity contribution in [2.24, 2.45) is 11.3 Å². The number of rotatable bonds is 5. The van der Waals surface area contributed by atoms with Crippen LogP contribution in [0.1, 0.15) is 73.3 Å². The van der Waals surface area contributed by atoms with Crippen molar-refractivity contribution in [1.29, 1.82) is 0 Å². The molecular formula is C29H44F2N4O3. The van der Waals surface area contributed by atoms with E-state index in [9.17, 15) is 23.2 Å². The molecule has 0 saturated carbocycles. The second-order valence-electron chi connectivity index (χ2n) is 13.1. The summed E-state index contributed by atoms with van der Waals surface area (Å²) in [5.74, 6) is -2.61. The van der Waals surface area contributed by atoms with Crippen molar-refractivity contribution >= 4 is 17.7 Å². The van der Waals surface area contributed by atoms with E-state index in [1.165, 1.54) is 19.1 Å². The molecule has 3 amide bonds. The van der Waals surface area contributed by atoms with Crippen molar-refractivity contribution in [3.8, 4) is 0 Å². The summed E-state index contributed by atoms with van der Waals surface area (Å²) in [6, 6.07) is 2.72. The van der Waals surface area contributed by atoms with Crippen LogP contribution in [0.4, 0.5) is 8.78 Å². The van der Waals surface area contributed by atoms with Crippen molar-refractivity contribution in [2.45, 2.75) is 85.4 Å². The standard InChI is InChI=1S/C29H44F2N4O3/c1-18-15-33(27(38)25(32-19(2)36)14-28(3,4)5)11-12-35(18)26(37)23-17-34(29(6,7)8)16-22(23)21-10-9-20(30)13-24(21)31/h9-10,13,18,22-23,25H,11-12,14-17H2,1-8H3,(H,32,36)/t18-,22-,23+,25?/m0/s1. The van der Waals surface area contributed by atoms with Gasteiger partial charge in [0.25, 0.3) is 0 Å². The Morgan fingerprint density at radius 1 is 1.03 bits per heavy atom. The first-order valence-corrected chi connectivity index (χ1v) is 13.5. The molecule has 0 bridgehead atoms. The maximum Gasteiger partial charge on any atom is 0.245 e. The van der Waals surface area contributed by atoms with Crippen LogP contribution in [-0.4, -0.2) is 82.8 Å². The highest BCUT2D eigenvalue weighted by Gasteiger charge is 2.46. The van der Waals surface area contributed by atoms with Gasteiger partial charge in [0.2, 0.25) is 17.7 Å². The second-order valence-corrected chi connectivity index (χ2v) is 13.1. The van der Waals surface area contributed by atoms with Gasteiger partial charge in [0.05, 0.1) is 5.92 Å². The number of amides is 3. The number of hydrogen-bond acceptors (Lipinski definition) is 4. The smallest absolute Gasteiger partial charge is 0.245 e. The van der Waals surface area contributed by atoms with Gasteiger partial charge in [-0.2, -0.15) is 0 Å². The fraction of sp³-hybridized carbons (Fsp3) is 0.690. The number of hydrogen-bond donors (Lipinski definition) is 1. The number of halogens is 2. The van der Waals surface area contributed by atoms with E-state index in [-0.39, 0.29) is 34.7 Å². The van der Waals surface area contributed by atoms with E-state index < -0.39 is 29.5 Å². The van der Waals surface area contributed by atoms with E-state index in [2.05, 4.69) is 31.0 Å². The maximum atomic E-state index is 14.8. The summed E-state index contributed by atoms with van der Waals surface area (Å²) in [4.78, 5) is 44.8. The SMILES string of the molecule is CC(=O)NC(CC(C)(C)C)C(=O)N1CCN(C(=O)[C@@H]2CN(C(C)(C)C)C[C@H]2c2ccc(F)cc2F)[C@@H](C)C1. The van der Waals surface area contributed by atoms with Gasteiger partial charge in [-0.3, -0.25) is 19.3 Å². The monoisotopic (exact) mass is 534 g/mol. The number of nitrogens with zero attached hydrogens (tertiary/aromatic N) is 3. The molecular weight excluding hydrogens is 490 g/mol. The molecule has 38 heavy (non-hydrogen) atoms. The molecule has 7 nitrogen and oxygen atoms in total. The first-order chi connectivity index (χ1) is 17.5. The van der Waals surface area contributed by atoms with E-state index in [1.807, 2.05) is 27.7 Å². The van der Waals surface area contributed by atoms with Gasteiger partial charge in [-0.05, 0) is 51.2 Å². The highest BCUT2D eigenvalue weighted by atomic mass is 19.1. The quantitative estimate of drug-likeness (QED) is 0.624. The van der Waals surface area contributed by atoms with Gasteiger partial charge in [-0.25, -0.2) is 8.78 Å². The lowest BCUT2D eigenvalue weighted by Gasteiger charge is -2.43. The van der Waals surface area contributed by atoms with Crippen molar-refractivity contribution in [2.75, 3.05) is 32.7 Å². The van der Waals surface area contributed by atoms with Crippen molar-refractivity contribution < 1.29 is 23.2 Å². The molecule has 0 aliphatic carbocycles. The molecule has 0 spiro atoms. The molecule has 1 N–H and O–H groups in total. The van der Waals surface area contributed by atoms with Crippen LogP contribution in [0, 0.1) is 23.0 Å². The number of likely N-dealkylation sites (tertiary alicyclic amines) is 1. The Morgan fingerprint density at radius 2 is 1.68 bits per heavy atom. The molecule has 0 radical (unpaired) electrons. The molecule has 1 unspecified atom stereocenters. The largest absolute Gasteiger partial charge is 0.345 e. The summed E-state index contributed by atoms with van der Waals surface area (Å²) < 4.78 is 28.5. The van der Waals surface area contributed by atoms with Gasteiger partial charge in [0, 0.05) is 63.2 Å². The van der Waals surface area contributed by atoms with Crippen molar-refractivity contribution in [3.05, 3.63) is 35.4 Å². The molecule has 212 valence electrons. The van der Waals surface area contributed by atoms with Gasteiger partial charge in [0.1, 0.15) is 17.7 Å². The van der Waals surface area contributed by atoms with Gasteiger partial charge >= 0.3 is 0 Å². The summed E-state index contributed by atoms with van der Waals surface area (Å²) in [5.41, 5.74) is -0.0110. The van der Waals surface area contributed by atoms with Gasteiger partial charge in [-0.15, -0.1) is 0 Å². The number of piperazine rings is 1.